The molecule has 2 saturated heterocycles. The molecule has 2 aliphatic heterocycles. The molecule has 0 aliphatic carbocycles. The van der Waals surface area contributed by atoms with Gasteiger partial charge in [0.1, 0.15) is 11.6 Å². The minimum atomic E-state index is -3.80. The molecule has 2 aliphatic rings. The second-order valence-corrected chi connectivity index (χ2v) is 14.8. The number of rotatable bonds is 7. The van der Waals surface area contributed by atoms with Crippen LogP contribution < -0.4 is 10.8 Å². The van der Waals surface area contributed by atoms with E-state index in [1.165, 1.54) is 12.4 Å². The fourth-order valence-corrected chi connectivity index (χ4v) is 5.99. The number of alkyl carbamates (subject to hydrolysis) is 1. The molecule has 0 spiro atoms. The van der Waals surface area contributed by atoms with Gasteiger partial charge in [-0.1, -0.05) is 13.8 Å². The number of sulfone groups is 1. The maximum atomic E-state index is 13.3. The second-order valence-electron chi connectivity index (χ2n) is 12.8. The Labute approximate surface area is 232 Å². The average molecular weight is 567 g/mol. The Hall–Kier alpha value is -2.25. The number of carbonyl (C=O) groups is 2. The highest BCUT2D eigenvalue weighted by molar-refractivity contribution is 7.91. The molecule has 39 heavy (non-hydrogen) atoms. The lowest BCUT2D eigenvalue weighted by Gasteiger charge is -2.36. The number of hydrogen-bond acceptors (Lipinski definition) is 9. The van der Waals surface area contributed by atoms with Crippen LogP contribution in [0.3, 0.4) is 0 Å². The van der Waals surface area contributed by atoms with Crippen LogP contribution in [0.5, 0.6) is 0 Å². The molecule has 0 aromatic carbocycles. The van der Waals surface area contributed by atoms with E-state index in [-0.39, 0.29) is 35.2 Å². The number of likely N-dealkylation sites (tertiary alicyclic amines) is 1. The summed E-state index contributed by atoms with van der Waals surface area (Å²) < 4.78 is 43.7. The van der Waals surface area contributed by atoms with Crippen LogP contribution >= 0.6 is 0 Å². The number of nitrogens with zero attached hydrogens (tertiary/aromatic N) is 3. The van der Waals surface area contributed by atoms with Crippen molar-refractivity contribution in [1.82, 2.24) is 20.2 Å². The van der Waals surface area contributed by atoms with Crippen molar-refractivity contribution in [2.24, 2.45) is 11.8 Å². The summed E-state index contributed by atoms with van der Waals surface area (Å²) >= 11 is 0. The first kappa shape index (κ1) is 31.3. The molecule has 2 atom stereocenters. The SMILES string of the molecule is CC(C)[C@@H](NC(=O)OC(C)(C)C)C(=O)N1CCC[C@@H](CS(=O)(=O)c2ncc(B3OC(C)(C)C(C)(C)O3)cn2)C1. The van der Waals surface area contributed by atoms with Gasteiger partial charge >= 0.3 is 13.2 Å². The third-order valence-corrected chi connectivity index (χ3v) is 9.02. The maximum Gasteiger partial charge on any atom is 0.498 e. The lowest BCUT2D eigenvalue weighted by molar-refractivity contribution is -0.136. The maximum absolute atomic E-state index is 13.3. The third kappa shape index (κ3) is 7.70. The van der Waals surface area contributed by atoms with Crippen LogP contribution in [0.4, 0.5) is 4.79 Å². The molecule has 11 nitrogen and oxygen atoms in total. The van der Waals surface area contributed by atoms with Crippen molar-refractivity contribution in [1.29, 1.82) is 0 Å². The Morgan fingerprint density at radius 2 is 1.72 bits per heavy atom. The number of aromatic nitrogens is 2. The first-order valence-corrected chi connectivity index (χ1v) is 15.2. The van der Waals surface area contributed by atoms with Crippen molar-refractivity contribution >= 4 is 34.4 Å². The Kier molecular flexibility index (Phi) is 9.08. The predicted molar refractivity (Wildman–Crippen MR) is 147 cm³/mol. The highest BCUT2D eigenvalue weighted by atomic mass is 32.2. The third-order valence-electron chi connectivity index (χ3n) is 7.34. The molecule has 1 aromatic heterocycles. The van der Waals surface area contributed by atoms with Gasteiger partial charge in [-0.3, -0.25) is 4.79 Å². The van der Waals surface area contributed by atoms with E-state index in [2.05, 4.69) is 15.3 Å². The minimum Gasteiger partial charge on any atom is -0.444 e. The molecule has 0 radical (unpaired) electrons. The van der Waals surface area contributed by atoms with Crippen LogP contribution in [0.15, 0.2) is 17.6 Å². The van der Waals surface area contributed by atoms with Gasteiger partial charge < -0.3 is 24.3 Å². The zero-order chi connectivity index (χ0) is 29.4. The molecule has 1 aromatic rings. The van der Waals surface area contributed by atoms with Gasteiger partial charge in [0.25, 0.3) is 0 Å². The standard InChI is InChI=1S/C26H43BN4O7S/c1-17(2)20(30-23(33)36-24(3,4)5)21(32)31-12-10-11-18(15-31)16-39(34,35)22-28-13-19(14-29-22)27-37-25(6,7)26(8,9)38-27/h13-14,17-18,20H,10-12,15-16H2,1-9H3,(H,30,33)/t18-,20-/m1/s1. The van der Waals surface area contributed by atoms with Crippen LogP contribution in [0.1, 0.15) is 75.2 Å². The molecular weight excluding hydrogens is 523 g/mol. The van der Waals surface area contributed by atoms with Gasteiger partial charge in [-0.05, 0) is 73.1 Å². The average Bonchev–Trinajstić information content (AvgIpc) is 3.02. The monoisotopic (exact) mass is 566 g/mol. The number of hydrogen-bond donors (Lipinski definition) is 1. The van der Waals surface area contributed by atoms with Gasteiger partial charge in [-0.2, -0.15) is 0 Å². The molecular formula is C26H43BN4O7S. The molecule has 2 amide bonds. The molecule has 13 heteroatoms. The van der Waals surface area contributed by atoms with E-state index in [9.17, 15) is 18.0 Å². The quantitative estimate of drug-likeness (QED) is 0.389. The van der Waals surface area contributed by atoms with Gasteiger partial charge in [0.05, 0.1) is 17.0 Å². The summed E-state index contributed by atoms with van der Waals surface area (Å²) in [5, 5.41) is 2.42. The summed E-state index contributed by atoms with van der Waals surface area (Å²) in [6.07, 6.45) is 3.50. The highest BCUT2D eigenvalue weighted by Crippen LogP contribution is 2.36. The number of ether oxygens (including phenoxy) is 1. The lowest BCUT2D eigenvalue weighted by atomic mass is 9.81. The van der Waals surface area contributed by atoms with Gasteiger partial charge in [0.15, 0.2) is 0 Å². The fraction of sp³-hybridized carbons (Fsp3) is 0.769. The summed E-state index contributed by atoms with van der Waals surface area (Å²) in [5.41, 5.74) is -1.23. The molecule has 218 valence electrons. The number of piperidine rings is 1. The fourth-order valence-electron chi connectivity index (χ4n) is 4.52. The van der Waals surface area contributed by atoms with Gasteiger partial charge in [0.2, 0.25) is 20.9 Å². The molecule has 3 heterocycles. The Bertz CT molecular complexity index is 1130. The molecule has 0 bridgehead atoms. The summed E-state index contributed by atoms with van der Waals surface area (Å²) in [6, 6.07) is -0.777. The Morgan fingerprint density at radius 1 is 1.15 bits per heavy atom. The van der Waals surface area contributed by atoms with Gasteiger partial charge in [-0.15, -0.1) is 0 Å². The second kappa shape index (κ2) is 11.3. The van der Waals surface area contributed by atoms with E-state index in [0.29, 0.717) is 24.8 Å². The van der Waals surface area contributed by atoms with Crippen LogP contribution in [0, 0.1) is 11.8 Å². The number of carbonyl (C=O) groups excluding carboxylic acids is 2. The van der Waals surface area contributed by atoms with E-state index in [0.717, 1.165) is 0 Å². The minimum absolute atomic E-state index is 0.176. The first-order valence-electron chi connectivity index (χ1n) is 13.5. The van der Waals surface area contributed by atoms with E-state index < -0.39 is 45.9 Å². The molecule has 3 rings (SSSR count). The van der Waals surface area contributed by atoms with Crippen molar-refractivity contribution in [3.05, 3.63) is 12.4 Å². The zero-order valence-electron chi connectivity index (χ0n) is 24.6. The van der Waals surface area contributed by atoms with Crippen molar-refractivity contribution in [2.45, 2.75) is 103 Å². The van der Waals surface area contributed by atoms with E-state index >= 15 is 0 Å². The van der Waals surface area contributed by atoms with Crippen LogP contribution in [0.2, 0.25) is 0 Å². The highest BCUT2D eigenvalue weighted by Gasteiger charge is 2.52. The smallest absolute Gasteiger partial charge is 0.444 e. The first-order chi connectivity index (χ1) is 17.8. The lowest BCUT2D eigenvalue weighted by Crippen LogP contribution is -2.54. The zero-order valence-corrected chi connectivity index (χ0v) is 25.4. The largest absolute Gasteiger partial charge is 0.498 e. The molecule has 2 fully saturated rings. The number of amides is 2. The van der Waals surface area contributed by atoms with Crippen LogP contribution in [-0.2, 0) is 28.7 Å². The van der Waals surface area contributed by atoms with E-state index in [4.69, 9.17) is 14.0 Å². The molecule has 0 unspecified atom stereocenters. The predicted octanol–water partition coefficient (Wildman–Crippen LogP) is 2.34. The van der Waals surface area contributed by atoms with Crippen molar-refractivity contribution < 1.29 is 32.1 Å². The summed E-state index contributed by atoms with van der Waals surface area (Å²) in [7, 11) is -4.49. The molecule has 1 N–H and O–H groups in total. The Balaban J connectivity index is 1.65. The summed E-state index contributed by atoms with van der Waals surface area (Å²) in [6.45, 7) is 17.4. The van der Waals surface area contributed by atoms with Crippen molar-refractivity contribution in [3.63, 3.8) is 0 Å². The Morgan fingerprint density at radius 3 is 2.23 bits per heavy atom. The van der Waals surface area contributed by atoms with Gasteiger partial charge in [-0.25, -0.2) is 23.2 Å². The van der Waals surface area contributed by atoms with Gasteiger partial charge in [0, 0.05) is 30.9 Å². The van der Waals surface area contributed by atoms with Crippen molar-refractivity contribution in [3.8, 4) is 0 Å². The topological polar surface area (TPSA) is 137 Å². The van der Waals surface area contributed by atoms with Crippen LogP contribution in [0.25, 0.3) is 0 Å². The summed E-state index contributed by atoms with van der Waals surface area (Å²) in [5.74, 6) is -0.891. The van der Waals surface area contributed by atoms with Crippen LogP contribution in [-0.4, -0.2) is 84.1 Å². The van der Waals surface area contributed by atoms with Crippen molar-refractivity contribution in [2.75, 3.05) is 18.8 Å². The van der Waals surface area contributed by atoms with E-state index in [1.807, 2.05) is 41.5 Å². The number of nitrogens with one attached hydrogen (secondary N) is 1. The van der Waals surface area contributed by atoms with E-state index in [1.54, 1.807) is 25.7 Å². The normalized spacial score (nSPS) is 22.1. The summed E-state index contributed by atoms with van der Waals surface area (Å²) in [4.78, 5) is 35.5. The molecule has 0 saturated carbocycles.